The quantitative estimate of drug-likeness (QED) is 0.585. The molecule has 0 aliphatic carbocycles. The molecule has 114 valence electrons. The molecular weight excluding hydrogens is 276 g/mol. The van der Waals surface area contributed by atoms with E-state index >= 15 is 0 Å². The second-order valence-electron chi connectivity index (χ2n) is 4.75. The molecule has 0 aliphatic rings. The minimum Gasteiger partial charge on any atom is -0.370 e. The molecule has 0 aliphatic heterocycles. The van der Waals surface area contributed by atoms with E-state index in [1.54, 1.807) is 12.1 Å². The predicted molar refractivity (Wildman–Crippen MR) is 89.8 cm³/mol. The van der Waals surface area contributed by atoms with Gasteiger partial charge in [0.1, 0.15) is 0 Å². The first-order valence-electron chi connectivity index (χ1n) is 7.18. The summed E-state index contributed by atoms with van der Waals surface area (Å²) in [5.74, 6) is 0.293. The summed E-state index contributed by atoms with van der Waals surface area (Å²) < 4.78 is 0. The molecule has 2 rings (SSSR count). The smallest absolute Gasteiger partial charge is 0.251 e. The summed E-state index contributed by atoms with van der Waals surface area (Å²) in [6.45, 7) is 2.97. The number of rotatable bonds is 5. The molecule has 0 saturated heterocycles. The van der Waals surface area contributed by atoms with Gasteiger partial charge in [0.2, 0.25) is 0 Å². The molecule has 0 bridgehead atoms. The Labute approximate surface area is 130 Å². The van der Waals surface area contributed by atoms with E-state index in [9.17, 15) is 4.79 Å². The number of amides is 1. The first kappa shape index (κ1) is 15.6. The third-order valence-corrected chi connectivity index (χ3v) is 3.03. The lowest BCUT2D eigenvalue weighted by Crippen LogP contribution is -2.23. The number of nitrogens with zero attached hydrogens (tertiary/aromatic N) is 1. The van der Waals surface area contributed by atoms with Gasteiger partial charge in [0, 0.05) is 17.8 Å². The third kappa shape index (κ3) is 4.63. The number of carbonyl (C=O) groups is 1. The average Bonchev–Trinajstić information content (AvgIpc) is 2.54. The van der Waals surface area contributed by atoms with Gasteiger partial charge in [0.05, 0.1) is 6.54 Å². The van der Waals surface area contributed by atoms with E-state index in [1.807, 2.05) is 49.4 Å². The zero-order valence-electron chi connectivity index (χ0n) is 12.5. The van der Waals surface area contributed by atoms with E-state index < -0.39 is 0 Å². The number of para-hydroxylation sites is 1. The summed E-state index contributed by atoms with van der Waals surface area (Å²) in [6, 6.07) is 17.0. The maximum Gasteiger partial charge on any atom is 0.251 e. The van der Waals surface area contributed by atoms with Crippen molar-refractivity contribution in [2.24, 2.45) is 10.7 Å². The molecule has 5 nitrogen and oxygen atoms in total. The van der Waals surface area contributed by atoms with Gasteiger partial charge in [0.15, 0.2) is 5.96 Å². The zero-order valence-corrected chi connectivity index (χ0v) is 12.5. The number of nitrogens with one attached hydrogen (secondary N) is 2. The Kier molecular flexibility index (Phi) is 5.54. The minimum atomic E-state index is -0.0668. The number of aliphatic imine (C=N–C) groups is 1. The summed E-state index contributed by atoms with van der Waals surface area (Å²) in [5.41, 5.74) is 8.38. The lowest BCUT2D eigenvalue weighted by Gasteiger charge is -2.06. The Morgan fingerprint density at radius 2 is 1.77 bits per heavy atom. The van der Waals surface area contributed by atoms with E-state index in [-0.39, 0.29) is 5.91 Å². The molecule has 0 heterocycles. The second-order valence-corrected chi connectivity index (χ2v) is 4.75. The van der Waals surface area contributed by atoms with Gasteiger partial charge in [-0.1, -0.05) is 30.3 Å². The van der Waals surface area contributed by atoms with Crippen molar-refractivity contribution in [1.29, 1.82) is 0 Å². The van der Waals surface area contributed by atoms with Gasteiger partial charge in [-0.25, -0.2) is 4.99 Å². The fraction of sp³-hybridized carbons (Fsp3) is 0.176. The molecule has 4 N–H and O–H groups in total. The highest BCUT2D eigenvalue weighted by Crippen LogP contribution is 2.07. The minimum absolute atomic E-state index is 0.0668. The summed E-state index contributed by atoms with van der Waals surface area (Å²) in [7, 11) is 0. The molecule has 22 heavy (non-hydrogen) atoms. The number of nitrogens with two attached hydrogens (primary N) is 1. The maximum absolute atomic E-state index is 11.7. The number of carbonyl (C=O) groups excluding carboxylic acids is 1. The summed E-state index contributed by atoms with van der Waals surface area (Å²) in [4.78, 5) is 15.9. The van der Waals surface area contributed by atoms with Gasteiger partial charge in [-0.15, -0.1) is 0 Å². The van der Waals surface area contributed by atoms with Gasteiger partial charge in [-0.2, -0.15) is 0 Å². The van der Waals surface area contributed by atoms with Crippen LogP contribution in [0.25, 0.3) is 0 Å². The number of hydrogen-bond donors (Lipinski definition) is 3. The van der Waals surface area contributed by atoms with Gasteiger partial charge >= 0.3 is 0 Å². The standard InChI is InChI=1S/C17H20N4O/c1-2-19-16(22)14-10-8-13(9-11-14)12-20-17(18)21-15-6-4-3-5-7-15/h3-11H,2,12H2,1H3,(H,19,22)(H3,18,20,21). The molecule has 0 unspecified atom stereocenters. The van der Waals surface area contributed by atoms with Crippen LogP contribution in [0.2, 0.25) is 0 Å². The Morgan fingerprint density at radius 1 is 1.09 bits per heavy atom. The number of hydrogen-bond acceptors (Lipinski definition) is 2. The number of anilines is 1. The van der Waals surface area contributed by atoms with Crippen LogP contribution in [0.1, 0.15) is 22.8 Å². The lowest BCUT2D eigenvalue weighted by atomic mass is 10.1. The Hall–Kier alpha value is -2.82. The van der Waals surface area contributed by atoms with Crippen molar-refractivity contribution < 1.29 is 4.79 Å². The molecule has 0 saturated carbocycles. The normalized spacial score (nSPS) is 11.0. The van der Waals surface area contributed by atoms with Crippen LogP contribution in [0.3, 0.4) is 0 Å². The predicted octanol–water partition coefficient (Wildman–Crippen LogP) is 2.36. The highest BCUT2D eigenvalue weighted by Gasteiger charge is 2.03. The fourth-order valence-electron chi connectivity index (χ4n) is 1.91. The van der Waals surface area contributed by atoms with Crippen molar-refractivity contribution in [2.75, 3.05) is 11.9 Å². The van der Waals surface area contributed by atoms with E-state index in [1.165, 1.54) is 0 Å². The summed E-state index contributed by atoms with van der Waals surface area (Å²) >= 11 is 0. The van der Waals surface area contributed by atoms with Crippen LogP contribution in [-0.2, 0) is 6.54 Å². The summed E-state index contributed by atoms with van der Waals surface area (Å²) in [5, 5.41) is 5.78. The number of guanidine groups is 1. The SMILES string of the molecule is CCNC(=O)c1ccc(CN=C(N)Nc2ccccc2)cc1. The van der Waals surface area contributed by atoms with Gasteiger partial charge < -0.3 is 16.4 Å². The molecule has 0 spiro atoms. The van der Waals surface area contributed by atoms with Crippen LogP contribution in [0.5, 0.6) is 0 Å². The van der Waals surface area contributed by atoms with Crippen molar-refractivity contribution >= 4 is 17.6 Å². The van der Waals surface area contributed by atoms with Gasteiger partial charge in [0.25, 0.3) is 5.91 Å². The molecule has 1 amide bonds. The summed E-state index contributed by atoms with van der Waals surface area (Å²) in [6.07, 6.45) is 0. The zero-order chi connectivity index (χ0) is 15.8. The number of benzene rings is 2. The third-order valence-electron chi connectivity index (χ3n) is 3.03. The van der Waals surface area contributed by atoms with Crippen LogP contribution in [0.4, 0.5) is 5.69 Å². The first-order chi connectivity index (χ1) is 10.7. The Morgan fingerprint density at radius 3 is 2.41 bits per heavy atom. The molecule has 5 heteroatoms. The first-order valence-corrected chi connectivity index (χ1v) is 7.18. The van der Waals surface area contributed by atoms with Gasteiger partial charge in [-0.3, -0.25) is 4.79 Å². The molecule has 0 fully saturated rings. The van der Waals surface area contributed by atoms with Crippen LogP contribution >= 0.6 is 0 Å². The lowest BCUT2D eigenvalue weighted by molar-refractivity contribution is 0.0956. The molecule has 0 aromatic heterocycles. The highest BCUT2D eigenvalue weighted by molar-refractivity contribution is 5.94. The maximum atomic E-state index is 11.7. The molecular formula is C17H20N4O. The monoisotopic (exact) mass is 296 g/mol. The highest BCUT2D eigenvalue weighted by atomic mass is 16.1. The molecule has 0 atom stereocenters. The average molecular weight is 296 g/mol. The fourth-order valence-corrected chi connectivity index (χ4v) is 1.91. The molecule has 2 aromatic rings. The van der Waals surface area contributed by atoms with Crippen molar-refractivity contribution in [2.45, 2.75) is 13.5 Å². The largest absolute Gasteiger partial charge is 0.370 e. The van der Waals surface area contributed by atoms with Crippen molar-refractivity contribution in [3.63, 3.8) is 0 Å². The van der Waals surface area contributed by atoms with Crippen molar-refractivity contribution in [3.8, 4) is 0 Å². The van der Waals surface area contributed by atoms with Crippen molar-refractivity contribution in [3.05, 3.63) is 65.7 Å². The van der Waals surface area contributed by atoms with Crippen LogP contribution in [-0.4, -0.2) is 18.4 Å². The van der Waals surface area contributed by atoms with E-state index in [4.69, 9.17) is 5.73 Å². The van der Waals surface area contributed by atoms with Crippen LogP contribution in [0, 0.1) is 0 Å². The van der Waals surface area contributed by atoms with E-state index in [0.29, 0.717) is 24.6 Å². The molecule has 2 aromatic carbocycles. The van der Waals surface area contributed by atoms with E-state index in [2.05, 4.69) is 15.6 Å². The topological polar surface area (TPSA) is 79.5 Å². The molecule has 0 radical (unpaired) electrons. The van der Waals surface area contributed by atoms with Gasteiger partial charge in [-0.05, 0) is 36.8 Å². The second kappa shape index (κ2) is 7.83. The Balaban J connectivity index is 1.93. The van der Waals surface area contributed by atoms with Crippen molar-refractivity contribution in [1.82, 2.24) is 5.32 Å². The Bertz CT molecular complexity index is 635. The van der Waals surface area contributed by atoms with Crippen LogP contribution in [0.15, 0.2) is 59.6 Å². The van der Waals surface area contributed by atoms with E-state index in [0.717, 1.165) is 11.3 Å². The van der Waals surface area contributed by atoms with Crippen LogP contribution < -0.4 is 16.4 Å².